The van der Waals surface area contributed by atoms with Gasteiger partial charge in [-0.05, 0) is 55.5 Å². The molecule has 3 aromatic carbocycles. The highest BCUT2D eigenvalue weighted by Gasteiger charge is 2.23. The SMILES string of the molecule is CCOC(=O)c1cnn(-c2ccccc2)c1NC(=O)c1cc(-c2ccc(OC)cc2)nc2ccccc12. The highest BCUT2D eigenvalue weighted by Crippen LogP contribution is 2.28. The van der Waals surface area contributed by atoms with Crippen molar-refractivity contribution in [1.82, 2.24) is 14.8 Å². The number of aromatic nitrogens is 3. The summed E-state index contributed by atoms with van der Waals surface area (Å²) < 4.78 is 12.0. The lowest BCUT2D eigenvalue weighted by Crippen LogP contribution is -2.18. The second-order valence-corrected chi connectivity index (χ2v) is 8.13. The molecule has 0 saturated carbocycles. The summed E-state index contributed by atoms with van der Waals surface area (Å²) in [6, 6.07) is 25.9. The number of rotatable bonds is 7. The van der Waals surface area contributed by atoms with Crippen LogP contribution in [0.15, 0.2) is 91.1 Å². The first-order valence-electron chi connectivity index (χ1n) is 11.7. The van der Waals surface area contributed by atoms with Gasteiger partial charge in [0.1, 0.15) is 11.3 Å². The zero-order valence-electron chi connectivity index (χ0n) is 20.3. The van der Waals surface area contributed by atoms with Crippen molar-refractivity contribution in [2.75, 3.05) is 19.0 Å². The molecule has 0 fully saturated rings. The van der Waals surface area contributed by atoms with Crippen LogP contribution in [0.4, 0.5) is 5.82 Å². The third kappa shape index (κ3) is 4.77. The number of ether oxygens (including phenoxy) is 2. The molecule has 2 heterocycles. The fourth-order valence-electron chi connectivity index (χ4n) is 4.04. The number of carbonyl (C=O) groups excluding carboxylic acids is 2. The number of nitrogens with one attached hydrogen (secondary N) is 1. The van der Waals surface area contributed by atoms with Gasteiger partial charge in [-0.1, -0.05) is 36.4 Å². The number of fused-ring (bicyclic) bond motifs is 1. The minimum absolute atomic E-state index is 0.160. The van der Waals surface area contributed by atoms with Gasteiger partial charge in [-0.2, -0.15) is 5.10 Å². The number of pyridine rings is 1. The van der Waals surface area contributed by atoms with Crippen molar-refractivity contribution < 1.29 is 19.1 Å². The molecule has 0 aliphatic rings. The van der Waals surface area contributed by atoms with E-state index < -0.39 is 11.9 Å². The lowest BCUT2D eigenvalue weighted by atomic mass is 10.0. The van der Waals surface area contributed by atoms with Crippen LogP contribution in [0.5, 0.6) is 5.75 Å². The molecule has 184 valence electrons. The van der Waals surface area contributed by atoms with Gasteiger partial charge in [0.2, 0.25) is 0 Å². The average Bonchev–Trinajstić information content (AvgIpc) is 3.36. The zero-order chi connectivity index (χ0) is 25.8. The molecule has 0 unspecified atom stereocenters. The van der Waals surface area contributed by atoms with Crippen LogP contribution in [0.25, 0.3) is 27.8 Å². The normalized spacial score (nSPS) is 10.8. The van der Waals surface area contributed by atoms with Crippen molar-refractivity contribution in [3.05, 3.63) is 102 Å². The fourth-order valence-corrected chi connectivity index (χ4v) is 4.04. The fraction of sp³-hybridized carbons (Fsp3) is 0.103. The number of carbonyl (C=O) groups is 2. The van der Waals surface area contributed by atoms with E-state index in [0.29, 0.717) is 27.8 Å². The highest BCUT2D eigenvalue weighted by molar-refractivity contribution is 6.14. The van der Waals surface area contributed by atoms with E-state index in [1.54, 1.807) is 20.1 Å². The van der Waals surface area contributed by atoms with Crippen LogP contribution in [0.2, 0.25) is 0 Å². The first-order chi connectivity index (χ1) is 18.1. The lowest BCUT2D eigenvalue weighted by molar-refractivity contribution is 0.0527. The smallest absolute Gasteiger partial charge is 0.343 e. The third-order valence-corrected chi connectivity index (χ3v) is 5.84. The first-order valence-corrected chi connectivity index (χ1v) is 11.7. The van der Waals surface area contributed by atoms with Gasteiger partial charge in [0.15, 0.2) is 5.82 Å². The number of methoxy groups -OCH3 is 1. The number of hydrogen-bond donors (Lipinski definition) is 1. The van der Waals surface area contributed by atoms with Crippen molar-refractivity contribution >= 4 is 28.6 Å². The maximum atomic E-state index is 13.8. The van der Waals surface area contributed by atoms with Crippen LogP contribution in [0.3, 0.4) is 0 Å². The molecule has 0 bridgehead atoms. The Bertz CT molecular complexity index is 1580. The second-order valence-electron chi connectivity index (χ2n) is 8.13. The molecule has 1 N–H and O–H groups in total. The summed E-state index contributed by atoms with van der Waals surface area (Å²) in [6.07, 6.45) is 1.40. The number of esters is 1. The number of benzene rings is 3. The van der Waals surface area contributed by atoms with Crippen LogP contribution in [0, 0.1) is 0 Å². The molecule has 8 heteroatoms. The Balaban J connectivity index is 1.60. The number of para-hydroxylation sites is 2. The second kappa shape index (κ2) is 10.3. The summed E-state index contributed by atoms with van der Waals surface area (Å²) in [7, 11) is 1.61. The number of anilines is 1. The number of hydrogen-bond acceptors (Lipinski definition) is 6. The molecule has 0 aliphatic carbocycles. The topological polar surface area (TPSA) is 95.3 Å². The van der Waals surface area contributed by atoms with Gasteiger partial charge in [0, 0.05) is 10.9 Å². The Morgan fingerprint density at radius 1 is 0.919 bits per heavy atom. The third-order valence-electron chi connectivity index (χ3n) is 5.84. The van der Waals surface area contributed by atoms with E-state index in [4.69, 9.17) is 14.5 Å². The summed E-state index contributed by atoms with van der Waals surface area (Å²) >= 11 is 0. The van der Waals surface area contributed by atoms with Gasteiger partial charge in [-0.3, -0.25) is 4.79 Å². The van der Waals surface area contributed by atoms with E-state index in [2.05, 4.69) is 10.4 Å². The Morgan fingerprint density at radius 3 is 2.38 bits per heavy atom. The molecule has 1 amide bonds. The predicted molar refractivity (Wildman–Crippen MR) is 141 cm³/mol. The van der Waals surface area contributed by atoms with E-state index >= 15 is 0 Å². The van der Waals surface area contributed by atoms with Crippen molar-refractivity contribution in [1.29, 1.82) is 0 Å². The van der Waals surface area contributed by atoms with Crippen LogP contribution in [0.1, 0.15) is 27.6 Å². The van der Waals surface area contributed by atoms with Gasteiger partial charge in [0.05, 0.1) is 42.4 Å². The van der Waals surface area contributed by atoms with Crippen molar-refractivity contribution in [3.8, 4) is 22.7 Å². The first kappa shape index (κ1) is 23.7. The Kier molecular flexibility index (Phi) is 6.63. The predicted octanol–water partition coefficient (Wildman–Crippen LogP) is 5.53. The monoisotopic (exact) mass is 492 g/mol. The molecular weight excluding hydrogens is 468 g/mol. The molecule has 5 rings (SSSR count). The standard InChI is InChI=1S/C29H24N4O4/c1-3-37-29(35)24-18-30-33(20-9-5-4-6-10-20)27(24)32-28(34)23-17-26(19-13-15-21(36-2)16-14-19)31-25-12-8-7-11-22(23)25/h4-18H,3H2,1-2H3,(H,32,34). The minimum atomic E-state index is -0.571. The summed E-state index contributed by atoms with van der Waals surface area (Å²) in [4.78, 5) is 31.2. The van der Waals surface area contributed by atoms with Gasteiger partial charge in [-0.25, -0.2) is 14.5 Å². The molecule has 0 spiro atoms. The minimum Gasteiger partial charge on any atom is -0.497 e. The number of amides is 1. The van der Waals surface area contributed by atoms with E-state index in [0.717, 1.165) is 11.3 Å². The molecule has 5 aromatic rings. The van der Waals surface area contributed by atoms with Crippen LogP contribution < -0.4 is 10.1 Å². The van der Waals surface area contributed by atoms with E-state index in [1.165, 1.54) is 10.9 Å². The molecule has 2 aromatic heterocycles. The quantitative estimate of drug-likeness (QED) is 0.300. The summed E-state index contributed by atoms with van der Waals surface area (Å²) in [5, 5.41) is 7.95. The molecular formula is C29H24N4O4. The molecule has 0 aliphatic heterocycles. The summed E-state index contributed by atoms with van der Waals surface area (Å²) in [5.41, 5.74) is 3.39. The highest BCUT2D eigenvalue weighted by atomic mass is 16.5. The summed E-state index contributed by atoms with van der Waals surface area (Å²) in [5.74, 6) is -0.0280. The van der Waals surface area contributed by atoms with Gasteiger partial charge < -0.3 is 14.8 Å². The van der Waals surface area contributed by atoms with Crippen LogP contribution >= 0.6 is 0 Å². The van der Waals surface area contributed by atoms with Crippen molar-refractivity contribution in [2.24, 2.45) is 0 Å². The van der Waals surface area contributed by atoms with E-state index in [1.807, 2.05) is 78.9 Å². The van der Waals surface area contributed by atoms with E-state index in [-0.39, 0.29) is 18.0 Å². The van der Waals surface area contributed by atoms with Gasteiger partial charge >= 0.3 is 5.97 Å². The maximum absolute atomic E-state index is 13.8. The lowest BCUT2D eigenvalue weighted by Gasteiger charge is -2.13. The van der Waals surface area contributed by atoms with Crippen LogP contribution in [-0.2, 0) is 4.74 Å². The van der Waals surface area contributed by atoms with Crippen molar-refractivity contribution in [3.63, 3.8) is 0 Å². The Hall–Kier alpha value is -4.98. The molecule has 0 atom stereocenters. The maximum Gasteiger partial charge on any atom is 0.343 e. The summed E-state index contributed by atoms with van der Waals surface area (Å²) in [6.45, 7) is 1.92. The Labute approximate surface area is 213 Å². The Morgan fingerprint density at radius 2 is 1.65 bits per heavy atom. The largest absolute Gasteiger partial charge is 0.497 e. The molecule has 8 nitrogen and oxygen atoms in total. The van der Waals surface area contributed by atoms with Gasteiger partial charge in [-0.15, -0.1) is 0 Å². The number of nitrogens with zero attached hydrogens (tertiary/aromatic N) is 3. The molecule has 0 radical (unpaired) electrons. The molecule has 0 saturated heterocycles. The van der Waals surface area contributed by atoms with E-state index in [9.17, 15) is 9.59 Å². The van der Waals surface area contributed by atoms with Crippen molar-refractivity contribution in [2.45, 2.75) is 6.92 Å². The van der Waals surface area contributed by atoms with Crippen LogP contribution in [-0.4, -0.2) is 40.4 Å². The molecule has 37 heavy (non-hydrogen) atoms. The van der Waals surface area contributed by atoms with Gasteiger partial charge in [0.25, 0.3) is 5.91 Å². The average molecular weight is 493 g/mol. The zero-order valence-corrected chi connectivity index (χ0v) is 20.3.